The molecule has 0 aliphatic rings. The van der Waals surface area contributed by atoms with Gasteiger partial charge in [-0.3, -0.25) is 5.10 Å². The van der Waals surface area contributed by atoms with Crippen LogP contribution in [0.25, 0.3) is 11.3 Å². The molecule has 0 bridgehead atoms. The van der Waals surface area contributed by atoms with E-state index in [1.165, 1.54) is 5.56 Å². The number of nitrogens with one attached hydrogen (secondary N) is 1. The van der Waals surface area contributed by atoms with Crippen LogP contribution < -0.4 is 10.5 Å². The van der Waals surface area contributed by atoms with Crippen LogP contribution in [-0.2, 0) is 6.42 Å². The Balaban J connectivity index is 2.38. The van der Waals surface area contributed by atoms with Crippen LogP contribution in [0.4, 0.5) is 0 Å². The average molecular weight is 231 g/mol. The Morgan fingerprint density at radius 1 is 1.29 bits per heavy atom. The van der Waals surface area contributed by atoms with Crippen LogP contribution in [0.1, 0.15) is 11.3 Å². The minimum atomic E-state index is 0.629. The summed E-state index contributed by atoms with van der Waals surface area (Å²) in [5.41, 5.74) is 9.96. The summed E-state index contributed by atoms with van der Waals surface area (Å²) >= 11 is 0. The second-order valence-electron chi connectivity index (χ2n) is 3.94. The van der Waals surface area contributed by atoms with E-state index in [-0.39, 0.29) is 0 Å². The quantitative estimate of drug-likeness (QED) is 0.844. The van der Waals surface area contributed by atoms with Crippen LogP contribution >= 0.6 is 0 Å². The predicted octanol–water partition coefficient (Wildman–Crippen LogP) is 1.89. The lowest BCUT2D eigenvalue weighted by Crippen LogP contribution is -2.04. The fourth-order valence-corrected chi connectivity index (χ4v) is 1.89. The molecule has 1 heterocycles. The number of aromatic amines is 1. The maximum absolute atomic E-state index is 5.62. The number of ether oxygens (including phenoxy) is 1. The highest BCUT2D eigenvalue weighted by atomic mass is 16.5. The molecule has 0 unspecified atom stereocenters. The summed E-state index contributed by atoms with van der Waals surface area (Å²) in [7, 11) is 1.66. The summed E-state index contributed by atoms with van der Waals surface area (Å²) in [5.74, 6) is 0.849. The van der Waals surface area contributed by atoms with E-state index in [0.717, 1.165) is 29.1 Å². The Kier molecular flexibility index (Phi) is 3.44. The van der Waals surface area contributed by atoms with Gasteiger partial charge in [0.2, 0.25) is 0 Å². The van der Waals surface area contributed by atoms with Gasteiger partial charge in [0.25, 0.3) is 0 Å². The fraction of sp³-hybridized carbons (Fsp3) is 0.308. The van der Waals surface area contributed by atoms with Crippen molar-refractivity contribution < 1.29 is 4.74 Å². The number of methoxy groups -OCH3 is 1. The third kappa shape index (κ3) is 2.31. The van der Waals surface area contributed by atoms with Crippen molar-refractivity contribution in [2.45, 2.75) is 13.3 Å². The lowest BCUT2D eigenvalue weighted by atomic mass is 10.0. The van der Waals surface area contributed by atoms with Crippen LogP contribution in [-0.4, -0.2) is 23.9 Å². The predicted molar refractivity (Wildman–Crippen MR) is 68.1 cm³/mol. The molecular formula is C13H17N3O. The van der Waals surface area contributed by atoms with Crippen molar-refractivity contribution in [1.29, 1.82) is 0 Å². The molecular weight excluding hydrogens is 214 g/mol. The van der Waals surface area contributed by atoms with E-state index in [4.69, 9.17) is 10.5 Å². The Morgan fingerprint density at radius 3 is 2.59 bits per heavy atom. The van der Waals surface area contributed by atoms with Crippen molar-refractivity contribution in [3.8, 4) is 17.0 Å². The molecule has 90 valence electrons. The molecule has 1 aromatic carbocycles. The molecule has 2 aromatic rings. The maximum Gasteiger partial charge on any atom is 0.118 e. The summed E-state index contributed by atoms with van der Waals surface area (Å²) in [4.78, 5) is 0. The first-order chi connectivity index (χ1) is 8.26. The molecule has 1 aromatic heterocycles. The third-order valence-corrected chi connectivity index (χ3v) is 2.83. The third-order valence-electron chi connectivity index (χ3n) is 2.83. The summed E-state index contributed by atoms with van der Waals surface area (Å²) in [6.07, 6.45) is 0.837. The Labute approximate surface area is 101 Å². The highest BCUT2D eigenvalue weighted by Crippen LogP contribution is 2.25. The molecule has 17 heavy (non-hydrogen) atoms. The van der Waals surface area contributed by atoms with Gasteiger partial charge in [-0.05, 0) is 44.2 Å². The van der Waals surface area contributed by atoms with Crippen LogP contribution in [0.2, 0.25) is 0 Å². The SMILES string of the molecule is COc1ccc(-c2n[nH]c(C)c2CCN)cc1. The van der Waals surface area contributed by atoms with E-state index in [2.05, 4.69) is 10.2 Å². The molecule has 0 spiro atoms. The van der Waals surface area contributed by atoms with E-state index in [1.807, 2.05) is 31.2 Å². The van der Waals surface area contributed by atoms with Crippen molar-refractivity contribution in [1.82, 2.24) is 10.2 Å². The molecule has 0 aliphatic carbocycles. The van der Waals surface area contributed by atoms with E-state index in [1.54, 1.807) is 7.11 Å². The Bertz CT molecular complexity index is 488. The molecule has 2 rings (SSSR count). The van der Waals surface area contributed by atoms with Gasteiger partial charge < -0.3 is 10.5 Å². The van der Waals surface area contributed by atoms with Gasteiger partial charge in [-0.15, -0.1) is 0 Å². The summed E-state index contributed by atoms with van der Waals surface area (Å²) in [6.45, 7) is 2.65. The molecule has 4 nitrogen and oxygen atoms in total. The smallest absolute Gasteiger partial charge is 0.118 e. The van der Waals surface area contributed by atoms with Gasteiger partial charge in [-0.2, -0.15) is 5.10 Å². The molecule has 0 saturated carbocycles. The van der Waals surface area contributed by atoms with Gasteiger partial charge in [-0.1, -0.05) is 0 Å². The van der Waals surface area contributed by atoms with Crippen LogP contribution in [0.15, 0.2) is 24.3 Å². The number of aromatic nitrogens is 2. The van der Waals surface area contributed by atoms with Crippen molar-refractivity contribution in [3.05, 3.63) is 35.5 Å². The number of hydrogen-bond donors (Lipinski definition) is 2. The van der Waals surface area contributed by atoms with Gasteiger partial charge in [0.15, 0.2) is 0 Å². The first-order valence-corrected chi connectivity index (χ1v) is 5.64. The minimum absolute atomic E-state index is 0.629. The zero-order chi connectivity index (χ0) is 12.3. The standard InChI is InChI=1S/C13H17N3O/c1-9-12(7-8-14)13(16-15-9)10-3-5-11(17-2)6-4-10/h3-6H,7-8,14H2,1-2H3,(H,15,16). The molecule has 0 fully saturated rings. The first kappa shape index (κ1) is 11.7. The molecule has 4 heteroatoms. The van der Waals surface area contributed by atoms with Crippen molar-refractivity contribution in [2.75, 3.05) is 13.7 Å². The van der Waals surface area contributed by atoms with Gasteiger partial charge in [-0.25, -0.2) is 0 Å². The second-order valence-corrected chi connectivity index (χ2v) is 3.94. The molecule has 3 N–H and O–H groups in total. The van der Waals surface area contributed by atoms with E-state index in [0.29, 0.717) is 6.54 Å². The highest BCUT2D eigenvalue weighted by molar-refractivity contribution is 5.64. The van der Waals surface area contributed by atoms with Crippen molar-refractivity contribution in [2.24, 2.45) is 5.73 Å². The van der Waals surface area contributed by atoms with Crippen LogP contribution in [0.3, 0.4) is 0 Å². The number of H-pyrrole nitrogens is 1. The number of hydrogen-bond acceptors (Lipinski definition) is 3. The maximum atomic E-state index is 5.62. The zero-order valence-electron chi connectivity index (χ0n) is 10.2. The second kappa shape index (κ2) is 5.01. The molecule has 0 saturated heterocycles. The molecule has 0 amide bonds. The molecule has 0 radical (unpaired) electrons. The summed E-state index contributed by atoms with van der Waals surface area (Å²) in [6, 6.07) is 7.89. The van der Waals surface area contributed by atoms with E-state index in [9.17, 15) is 0 Å². The first-order valence-electron chi connectivity index (χ1n) is 5.64. The Morgan fingerprint density at radius 2 is 2.00 bits per heavy atom. The van der Waals surface area contributed by atoms with Gasteiger partial charge >= 0.3 is 0 Å². The molecule has 0 atom stereocenters. The average Bonchev–Trinajstić information content (AvgIpc) is 2.72. The number of benzene rings is 1. The number of nitrogens with two attached hydrogens (primary N) is 1. The summed E-state index contributed by atoms with van der Waals surface area (Å²) in [5, 5.41) is 7.35. The van der Waals surface area contributed by atoms with Gasteiger partial charge in [0, 0.05) is 16.8 Å². The topological polar surface area (TPSA) is 63.9 Å². The van der Waals surface area contributed by atoms with Crippen molar-refractivity contribution >= 4 is 0 Å². The monoisotopic (exact) mass is 231 g/mol. The Hall–Kier alpha value is -1.81. The van der Waals surface area contributed by atoms with Crippen molar-refractivity contribution in [3.63, 3.8) is 0 Å². The molecule has 0 aliphatic heterocycles. The number of rotatable bonds is 4. The lowest BCUT2D eigenvalue weighted by Gasteiger charge is -2.04. The largest absolute Gasteiger partial charge is 0.497 e. The lowest BCUT2D eigenvalue weighted by molar-refractivity contribution is 0.415. The minimum Gasteiger partial charge on any atom is -0.497 e. The number of nitrogens with zero attached hydrogens (tertiary/aromatic N) is 1. The van der Waals surface area contributed by atoms with Crippen LogP contribution in [0, 0.1) is 6.92 Å². The van der Waals surface area contributed by atoms with E-state index < -0.39 is 0 Å². The van der Waals surface area contributed by atoms with Crippen LogP contribution in [0.5, 0.6) is 5.75 Å². The number of aryl methyl sites for hydroxylation is 1. The van der Waals surface area contributed by atoms with E-state index >= 15 is 0 Å². The van der Waals surface area contributed by atoms with Gasteiger partial charge in [0.05, 0.1) is 12.8 Å². The summed E-state index contributed by atoms with van der Waals surface area (Å²) < 4.78 is 5.14. The zero-order valence-corrected chi connectivity index (χ0v) is 10.2. The fourth-order valence-electron chi connectivity index (χ4n) is 1.89. The van der Waals surface area contributed by atoms with Gasteiger partial charge in [0.1, 0.15) is 5.75 Å². The normalized spacial score (nSPS) is 10.5. The highest BCUT2D eigenvalue weighted by Gasteiger charge is 2.11.